The first-order valence-corrected chi connectivity index (χ1v) is 9.63. The molecule has 0 spiro atoms. The zero-order valence-corrected chi connectivity index (χ0v) is 15.2. The van der Waals surface area contributed by atoms with Crippen molar-refractivity contribution in [2.75, 3.05) is 0 Å². The van der Waals surface area contributed by atoms with Gasteiger partial charge in [-0.3, -0.25) is 0 Å². The molecule has 0 aliphatic heterocycles. The van der Waals surface area contributed by atoms with E-state index in [-0.39, 0.29) is 0 Å². The Balaban J connectivity index is 1.60. The van der Waals surface area contributed by atoms with E-state index in [9.17, 15) is 0 Å². The summed E-state index contributed by atoms with van der Waals surface area (Å²) in [6, 6.07) is 17.1. The summed E-state index contributed by atoms with van der Waals surface area (Å²) in [5.41, 5.74) is 3.75. The summed E-state index contributed by atoms with van der Waals surface area (Å²) in [5.74, 6) is 1.83. The minimum absolute atomic E-state index is 0.899. The molecule has 0 bridgehead atoms. The van der Waals surface area contributed by atoms with Crippen LogP contribution < -0.4 is 0 Å². The summed E-state index contributed by atoms with van der Waals surface area (Å²) in [7, 11) is 2.04. The lowest BCUT2D eigenvalue weighted by Crippen LogP contribution is -1.94. The average Bonchev–Trinajstić information content (AvgIpc) is 3.18. The Labute approximate surface area is 149 Å². The van der Waals surface area contributed by atoms with Gasteiger partial charge in [0.1, 0.15) is 0 Å². The summed E-state index contributed by atoms with van der Waals surface area (Å²) in [6.45, 7) is 2.11. The van der Waals surface area contributed by atoms with Crippen molar-refractivity contribution >= 4 is 33.2 Å². The van der Waals surface area contributed by atoms with Crippen molar-refractivity contribution in [1.82, 2.24) is 14.8 Å². The first kappa shape index (κ1) is 15.4. The summed E-state index contributed by atoms with van der Waals surface area (Å²) in [4.78, 5) is 0. The van der Waals surface area contributed by atoms with Crippen LogP contribution in [0.5, 0.6) is 0 Å². The van der Waals surface area contributed by atoms with Gasteiger partial charge in [-0.1, -0.05) is 59.8 Å². The zero-order chi connectivity index (χ0) is 16.5. The average molecular weight is 352 g/mol. The van der Waals surface area contributed by atoms with Crippen molar-refractivity contribution in [3.8, 4) is 11.4 Å². The molecule has 0 saturated carbocycles. The van der Waals surface area contributed by atoms with Gasteiger partial charge < -0.3 is 4.57 Å². The highest BCUT2D eigenvalue weighted by molar-refractivity contribution is 7.98. The molecule has 0 amide bonds. The molecular weight excluding hydrogens is 334 g/mol. The molecule has 3 nitrogen and oxygen atoms in total. The third-order valence-electron chi connectivity index (χ3n) is 4.05. The van der Waals surface area contributed by atoms with Crippen LogP contribution >= 0.6 is 23.1 Å². The van der Waals surface area contributed by atoms with Gasteiger partial charge in [-0.15, -0.1) is 21.5 Å². The fourth-order valence-electron chi connectivity index (χ4n) is 2.66. The van der Waals surface area contributed by atoms with Gasteiger partial charge in [0.2, 0.25) is 0 Å². The van der Waals surface area contributed by atoms with Crippen LogP contribution in [0.3, 0.4) is 0 Å². The molecule has 0 unspecified atom stereocenters. The quantitative estimate of drug-likeness (QED) is 0.468. The van der Waals surface area contributed by atoms with Crippen molar-refractivity contribution in [1.29, 1.82) is 0 Å². The normalized spacial score (nSPS) is 11.2. The molecule has 0 aliphatic carbocycles. The Bertz CT molecular complexity index is 983. The zero-order valence-electron chi connectivity index (χ0n) is 13.6. The van der Waals surface area contributed by atoms with Crippen LogP contribution in [0.4, 0.5) is 0 Å². The number of nitrogens with zero attached hydrogens (tertiary/aromatic N) is 3. The molecule has 0 atom stereocenters. The molecular formula is C19H17N3S2. The second-order valence-electron chi connectivity index (χ2n) is 5.79. The number of benzene rings is 2. The van der Waals surface area contributed by atoms with Crippen molar-refractivity contribution in [2.24, 2.45) is 7.05 Å². The van der Waals surface area contributed by atoms with Gasteiger partial charge in [0, 0.05) is 33.8 Å². The molecule has 2 aromatic carbocycles. The van der Waals surface area contributed by atoms with Crippen molar-refractivity contribution in [3.63, 3.8) is 0 Å². The number of thioether (sulfide) groups is 1. The smallest absolute Gasteiger partial charge is 0.191 e. The van der Waals surface area contributed by atoms with E-state index >= 15 is 0 Å². The lowest BCUT2D eigenvalue weighted by atomic mass is 10.2. The summed E-state index contributed by atoms with van der Waals surface area (Å²) in [5, 5.41) is 13.2. The van der Waals surface area contributed by atoms with Crippen molar-refractivity contribution < 1.29 is 0 Å². The molecule has 0 N–H and O–H groups in total. The van der Waals surface area contributed by atoms with E-state index in [0.717, 1.165) is 22.3 Å². The van der Waals surface area contributed by atoms with Gasteiger partial charge in [0.25, 0.3) is 0 Å². The first-order valence-electron chi connectivity index (χ1n) is 7.77. The Kier molecular flexibility index (Phi) is 4.12. The first-order chi connectivity index (χ1) is 11.7. The molecule has 4 aromatic rings. The van der Waals surface area contributed by atoms with E-state index in [2.05, 4.69) is 75.6 Å². The van der Waals surface area contributed by atoms with Gasteiger partial charge in [0.05, 0.1) is 0 Å². The number of fused-ring (bicyclic) bond motifs is 1. The molecule has 0 saturated heterocycles. The second-order valence-corrected chi connectivity index (χ2v) is 7.64. The van der Waals surface area contributed by atoms with Gasteiger partial charge in [-0.05, 0) is 18.6 Å². The largest absolute Gasteiger partial charge is 0.305 e. The number of hydrogen-bond acceptors (Lipinski definition) is 4. The summed E-state index contributed by atoms with van der Waals surface area (Å²) in [6.07, 6.45) is 0. The third-order valence-corrected chi connectivity index (χ3v) is 6.10. The van der Waals surface area contributed by atoms with Crippen molar-refractivity contribution in [2.45, 2.75) is 17.8 Å². The summed E-state index contributed by atoms with van der Waals surface area (Å²) >= 11 is 3.47. The van der Waals surface area contributed by atoms with Crippen LogP contribution in [0.2, 0.25) is 0 Å². The Morgan fingerprint density at radius 3 is 2.67 bits per heavy atom. The van der Waals surface area contributed by atoms with E-state index in [0.29, 0.717) is 0 Å². The molecule has 0 fully saturated rings. The number of aryl methyl sites for hydroxylation is 1. The number of thiophene rings is 1. The molecule has 2 heterocycles. The van der Waals surface area contributed by atoms with Gasteiger partial charge in [-0.25, -0.2) is 0 Å². The van der Waals surface area contributed by atoms with Crippen LogP contribution in [0.15, 0.2) is 59.1 Å². The lowest BCUT2D eigenvalue weighted by Gasteiger charge is -2.04. The van der Waals surface area contributed by atoms with Crippen molar-refractivity contribution in [3.05, 3.63) is 65.0 Å². The van der Waals surface area contributed by atoms with E-state index < -0.39 is 0 Å². The molecule has 4 rings (SSSR count). The molecule has 0 radical (unpaired) electrons. The Morgan fingerprint density at radius 2 is 1.83 bits per heavy atom. The minimum atomic E-state index is 0.899. The van der Waals surface area contributed by atoms with Crippen LogP contribution in [0.25, 0.3) is 21.5 Å². The van der Waals surface area contributed by atoms with Crippen LogP contribution in [0.1, 0.15) is 11.1 Å². The predicted octanol–water partition coefficient (Wildman–Crippen LogP) is 5.30. The Hall–Kier alpha value is -2.11. The van der Waals surface area contributed by atoms with Crippen LogP contribution in [0, 0.1) is 6.92 Å². The monoisotopic (exact) mass is 351 g/mol. The summed E-state index contributed by atoms with van der Waals surface area (Å²) < 4.78 is 3.37. The minimum Gasteiger partial charge on any atom is -0.305 e. The maximum absolute atomic E-state index is 4.43. The van der Waals surface area contributed by atoms with E-state index in [1.54, 1.807) is 23.1 Å². The van der Waals surface area contributed by atoms with Gasteiger partial charge in [0.15, 0.2) is 11.0 Å². The number of aromatic nitrogens is 3. The van der Waals surface area contributed by atoms with E-state index in [1.165, 1.54) is 21.2 Å². The fourth-order valence-corrected chi connectivity index (χ4v) is 4.46. The second kappa shape index (κ2) is 6.42. The van der Waals surface area contributed by atoms with Crippen LogP contribution in [-0.4, -0.2) is 14.8 Å². The molecule has 120 valence electrons. The molecule has 5 heteroatoms. The maximum atomic E-state index is 4.43. The molecule has 24 heavy (non-hydrogen) atoms. The maximum Gasteiger partial charge on any atom is 0.191 e. The number of hydrogen-bond donors (Lipinski definition) is 0. The third kappa shape index (κ3) is 2.85. The van der Waals surface area contributed by atoms with E-state index in [1.807, 2.05) is 7.05 Å². The highest BCUT2D eigenvalue weighted by Crippen LogP contribution is 2.34. The predicted molar refractivity (Wildman–Crippen MR) is 103 cm³/mol. The Morgan fingerprint density at radius 1 is 1.04 bits per heavy atom. The van der Waals surface area contributed by atoms with Gasteiger partial charge >= 0.3 is 0 Å². The highest BCUT2D eigenvalue weighted by atomic mass is 32.2. The fraction of sp³-hybridized carbons (Fsp3) is 0.158. The molecule has 0 aliphatic rings. The SMILES string of the molecule is Cc1ccc(CSc2nnc(-c3csc4ccccc34)n2C)cc1. The van der Waals surface area contributed by atoms with Gasteiger partial charge in [-0.2, -0.15) is 0 Å². The number of rotatable bonds is 4. The topological polar surface area (TPSA) is 30.7 Å². The standard InChI is InChI=1S/C19H17N3S2/c1-13-7-9-14(10-8-13)11-24-19-21-20-18(22(19)2)16-12-23-17-6-4-3-5-15(16)17/h3-10,12H,11H2,1-2H3. The lowest BCUT2D eigenvalue weighted by molar-refractivity contribution is 0.794. The highest BCUT2D eigenvalue weighted by Gasteiger charge is 2.15. The van der Waals surface area contributed by atoms with E-state index in [4.69, 9.17) is 0 Å². The van der Waals surface area contributed by atoms with Crippen LogP contribution in [-0.2, 0) is 12.8 Å². The molecule has 2 aromatic heterocycles.